The Morgan fingerprint density at radius 3 is 2.55 bits per heavy atom. The van der Waals surface area contributed by atoms with Crippen LogP contribution in [0.5, 0.6) is 0 Å². The Hall–Kier alpha value is -2.95. The van der Waals surface area contributed by atoms with Crippen LogP contribution in [-0.2, 0) is 33.8 Å². The lowest BCUT2D eigenvalue weighted by Gasteiger charge is -2.27. The summed E-state index contributed by atoms with van der Waals surface area (Å²) in [7, 11) is 0. The van der Waals surface area contributed by atoms with E-state index in [1.165, 1.54) is 4.90 Å². The molecule has 1 aliphatic carbocycles. The van der Waals surface area contributed by atoms with Gasteiger partial charge in [0.05, 0.1) is 6.54 Å². The average molecular weight is 561 g/mol. The quantitative estimate of drug-likeness (QED) is 0.441. The fourth-order valence-electron chi connectivity index (χ4n) is 5.37. The number of aryl methyl sites for hydroxylation is 1. The number of fused-ring (bicyclic) bond motifs is 1. The topological polar surface area (TPSA) is 137 Å². The van der Waals surface area contributed by atoms with Crippen molar-refractivity contribution >= 4 is 23.6 Å². The molecule has 2 bridgehead atoms. The van der Waals surface area contributed by atoms with Crippen LogP contribution in [0.4, 0.5) is 0 Å². The zero-order valence-electron chi connectivity index (χ0n) is 24.7. The largest absolute Gasteiger partial charge is 0.396 e. The van der Waals surface area contributed by atoms with Crippen LogP contribution in [0.1, 0.15) is 88.0 Å². The van der Waals surface area contributed by atoms with E-state index in [1.54, 1.807) is 4.90 Å². The molecule has 0 saturated carbocycles. The van der Waals surface area contributed by atoms with Crippen LogP contribution in [-0.4, -0.2) is 93.7 Å². The van der Waals surface area contributed by atoms with Crippen molar-refractivity contribution in [3.05, 3.63) is 17.0 Å². The van der Waals surface area contributed by atoms with E-state index < -0.39 is 0 Å². The summed E-state index contributed by atoms with van der Waals surface area (Å²) in [5, 5.41) is 20.1. The highest BCUT2D eigenvalue weighted by atomic mass is 16.3. The van der Waals surface area contributed by atoms with Gasteiger partial charge in [-0.2, -0.15) is 5.10 Å². The van der Waals surface area contributed by atoms with E-state index >= 15 is 0 Å². The molecule has 3 N–H and O–H groups in total. The van der Waals surface area contributed by atoms with E-state index in [9.17, 15) is 24.3 Å². The second-order valence-electron chi connectivity index (χ2n) is 11.9. The smallest absolute Gasteiger partial charge is 0.272 e. The van der Waals surface area contributed by atoms with E-state index in [0.717, 1.165) is 30.6 Å². The van der Waals surface area contributed by atoms with Gasteiger partial charge in [0, 0.05) is 69.5 Å². The molecular formula is C29H48N6O5. The molecule has 1 aliphatic heterocycles. The Morgan fingerprint density at radius 1 is 1.07 bits per heavy atom. The monoisotopic (exact) mass is 560 g/mol. The predicted octanol–water partition coefficient (Wildman–Crippen LogP) is 1.51. The number of aliphatic hydroxyl groups excluding tert-OH is 1. The number of nitrogens with zero attached hydrogens (tertiary/aromatic N) is 4. The van der Waals surface area contributed by atoms with Gasteiger partial charge in [0.2, 0.25) is 17.7 Å². The SMILES string of the molecule is CC(C)CCn1nc2c3c1CCC(C3)NC(=O)CN(CCCO)C(=O)CCCN(C(=O)CC(C)C)CCNC2=O. The van der Waals surface area contributed by atoms with Crippen molar-refractivity contribution in [2.45, 2.75) is 91.6 Å². The minimum Gasteiger partial charge on any atom is -0.396 e. The molecule has 1 aromatic heterocycles. The van der Waals surface area contributed by atoms with Gasteiger partial charge in [-0.05, 0) is 50.4 Å². The summed E-state index contributed by atoms with van der Waals surface area (Å²) in [4.78, 5) is 55.6. The third-order valence-electron chi connectivity index (χ3n) is 7.54. The van der Waals surface area contributed by atoms with Crippen molar-refractivity contribution in [2.75, 3.05) is 39.3 Å². The third-order valence-corrected chi connectivity index (χ3v) is 7.54. The van der Waals surface area contributed by atoms with Gasteiger partial charge in [-0.3, -0.25) is 23.9 Å². The Bertz CT molecular complexity index is 1040. The molecular weight excluding hydrogens is 512 g/mol. The Labute approximate surface area is 238 Å². The lowest BCUT2D eigenvalue weighted by Crippen LogP contribution is -2.46. The van der Waals surface area contributed by atoms with Gasteiger partial charge in [-0.15, -0.1) is 0 Å². The minimum absolute atomic E-state index is 0.00990. The lowest BCUT2D eigenvalue weighted by molar-refractivity contribution is -0.137. The van der Waals surface area contributed by atoms with Gasteiger partial charge in [0.25, 0.3) is 5.91 Å². The van der Waals surface area contributed by atoms with Gasteiger partial charge < -0.3 is 25.5 Å². The first-order chi connectivity index (χ1) is 19.1. The molecule has 1 unspecified atom stereocenters. The molecule has 1 atom stereocenters. The van der Waals surface area contributed by atoms with Crippen molar-refractivity contribution in [1.29, 1.82) is 0 Å². The number of carbonyl (C=O) groups excluding carboxylic acids is 4. The van der Waals surface area contributed by atoms with Crippen LogP contribution in [0.25, 0.3) is 0 Å². The van der Waals surface area contributed by atoms with Crippen LogP contribution < -0.4 is 10.6 Å². The molecule has 3 rings (SSSR count). The van der Waals surface area contributed by atoms with E-state index in [1.807, 2.05) is 18.5 Å². The zero-order chi connectivity index (χ0) is 29.2. The van der Waals surface area contributed by atoms with Crippen LogP contribution in [0.3, 0.4) is 0 Å². The first-order valence-corrected chi connectivity index (χ1v) is 14.9. The van der Waals surface area contributed by atoms with Crippen molar-refractivity contribution < 1.29 is 24.3 Å². The molecule has 40 heavy (non-hydrogen) atoms. The molecule has 11 nitrogen and oxygen atoms in total. The molecule has 0 spiro atoms. The molecule has 11 heteroatoms. The summed E-state index contributed by atoms with van der Waals surface area (Å²) in [6, 6.07) is -0.163. The highest BCUT2D eigenvalue weighted by Gasteiger charge is 2.31. The summed E-state index contributed by atoms with van der Waals surface area (Å²) in [6.07, 6.45) is 4.28. The number of hydrogen-bond acceptors (Lipinski definition) is 6. The number of carbonyl (C=O) groups is 4. The average Bonchev–Trinajstić information content (AvgIpc) is 3.25. The zero-order valence-corrected chi connectivity index (χ0v) is 24.7. The summed E-state index contributed by atoms with van der Waals surface area (Å²) in [6.45, 7) is 10.2. The van der Waals surface area contributed by atoms with E-state index in [-0.39, 0.29) is 61.7 Å². The van der Waals surface area contributed by atoms with Gasteiger partial charge in [0.15, 0.2) is 5.69 Å². The summed E-state index contributed by atoms with van der Waals surface area (Å²) in [5.74, 6) is -0.0124. The maximum atomic E-state index is 13.3. The van der Waals surface area contributed by atoms with Crippen molar-refractivity contribution in [1.82, 2.24) is 30.2 Å². The van der Waals surface area contributed by atoms with Crippen molar-refractivity contribution in [3.63, 3.8) is 0 Å². The first kappa shape index (κ1) is 31.6. The summed E-state index contributed by atoms with van der Waals surface area (Å²) >= 11 is 0. The number of rotatable bonds is 8. The second kappa shape index (κ2) is 15.2. The van der Waals surface area contributed by atoms with Crippen LogP contribution >= 0.6 is 0 Å². The first-order valence-electron chi connectivity index (χ1n) is 14.9. The fraction of sp³-hybridized carbons (Fsp3) is 0.759. The maximum absolute atomic E-state index is 13.3. The van der Waals surface area contributed by atoms with Crippen molar-refractivity contribution in [3.8, 4) is 0 Å². The molecule has 1 aromatic rings. The number of hydrogen-bond donors (Lipinski definition) is 3. The Balaban J connectivity index is 1.87. The van der Waals surface area contributed by atoms with E-state index in [0.29, 0.717) is 63.4 Å². The molecule has 0 radical (unpaired) electrons. The van der Waals surface area contributed by atoms with Gasteiger partial charge in [-0.25, -0.2) is 0 Å². The Kier molecular flexibility index (Phi) is 12.0. The van der Waals surface area contributed by atoms with E-state index in [4.69, 9.17) is 5.10 Å². The molecule has 224 valence electrons. The molecule has 0 fully saturated rings. The third kappa shape index (κ3) is 9.04. The second-order valence-corrected chi connectivity index (χ2v) is 11.9. The molecule has 0 saturated heterocycles. The standard InChI is InChI=1S/C29H48N6O5/c1-20(2)10-14-35-24-9-8-22-18-23(24)28(32-35)29(40)30-11-15-33(27(39)17-21(3)4)12-5-7-26(38)34(13-6-16-36)19-25(37)31-22/h20-22,36H,5-19H2,1-4H3,(H,30,40)(H,31,37). The van der Waals surface area contributed by atoms with Crippen LogP contribution in [0.2, 0.25) is 0 Å². The predicted molar refractivity (Wildman–Crippen MR) is 152 cm³/mol. The normalized spacial score (nSPS) is 19.6. The van der Waals surface area contributed by atoms with Crippen molar-refractivity contribution in [2.24, 2.45) is 11.8 Å². The highest BCUT2D eigenvalue weighted by molar-refractivity contribution is 5.94. The highest BCUT2D eigenvalue weighted by Crippen LogP contribution is 2.26. The van der Waals surface area contributed by atoms with E-state index in [2.05, 4.69) is 24.5 Å². The lowest BCUT2D eigenvalue weighted by atomic mass is 9.91. The number of nitrogens with one attached hydrogen (secondary N) is 2. The molecule has 2 heterocycles. The van der Waals surface area contributed by atoms with Crippen LogP contribution in [0, 0.1) is 11.8 Å². The van der Waals surface area contributed by atoms with Gasteiger partial charge in [0.1, 0.15) is 0 Å². The number of aliphatic hydroxyl groups is 1. The Morgan fingerprint density at radius 2 is 1.85 bits per heavy atom. The summed E-state index contributed by atoms with van der Waals surface area (Å²) in [5.41, 5.74) is 2.30. The maximum Gasteiger partial charge on any atom is 0.272 e. The van der Waals surface area contributed by atoms with Gasteiger partial charge >= 0.3 is 0 Å². The fourth-order valence-corrected chi connectivity index (χ4v) is 5.37. The van der Waals surface area contributed by atoms with Crippen LogP contribution in [0.15, 0.2) is 0 Å². The molecule has 4 amide bonds. The molecule has 0 aromatic carbocycles. The summed E-state index contributed by atoms with van der Waals surface area (Å²) < 4.78 is 1.95. The number of amides is 4. The van der Waals surface area contributed by atoms with Gasteiger partial charge in [-0.1, -0.05) is 27.7 Å². The number of aromatic nitrogens is 2. The molecule has 2 aliphatic rings. The minimum atomic E-state index is -0.266.